The number of hydrogen-bond donors (Lipinski definition) is 3. The Labute approximate surface area is 89.0 Å². The van der Waals surface area contributed by atoms with Crippen molar-refractivity contribution in [2.45, 2.75) is 25.4 Å². The summed E-state index contributed by atoms with van der Waals surface area (Å²) in [6.07, 6.45) is 0.715. The van der Waals surface area contributed by atoms with E-state index in [0.717, 1.165) is 0 Å². The minimum Gasteiger partial charge on any atom is -0.480 e. The van der Waals surface area contributed by atoms with Gasteiger partial charge in [0, 0.05) is 6.16 Å². The van der Waals surface area contributed by atoms with Gasteiger partial charge < -0.3 is 20.7 Å². The van der Waals surface area contributed by atoms with Crippen molar-refractivity contribution in [1.82, 2.24) is 5.32 Å². The molecule has 0 spiro atoms. The molecular formula is C8H17N2O4P. The zero-order valence-electron chi connectivity index (χ0n) is 8.82. The fraction of sp³-hybridized carbons (Fsp3) is 0.750. The van der Waals surface area contributed by atoms with Crippen LogP contribution in [0.2, 0.25) is 0 Å². The molecule has 0 heterocycles. The lowest BCUT2D eigenvalue weighted by Gasteiger charge is -2.14. The average Bonchev–Trinajstić information content (AvgIpc) is 2.13. The Morgan fingerprint density at radius 3 is 2.47 bits per heavy atom. The second-order valence-electron chi connectivity index (χ2n) is 3.42. The molecule has 0 saturated heterocycles. The molecule has 0 radical (unpaired) electrons. The van der Waals surface area contributed by atoms with Crippen LogP contribution in [0.3, 0.4) is 0 Å². The Bertz CT molecular complexity index is 269. The molecule has 0 bridgehead atoms. The number of carboxylic acids is 1. The van der Waals surface area contributed by atoms with Gasteiger partial charge in [-0.25, -0.2) is 0 Å². The number of carbonyl (C=O) groups is 2. The van der Waals surface area contributed by atoms with Crippen molar-refractivity contribution < 1.29 is 19.3 Å². The van der Waals surface area contributed by atoms with Crippen LogP contribution in [-0.2, 0) is 14.2 Å². The molecule has 4 N–H and O–H groups in total. The fourth-order valence-electron chi connectivity index (χ4n) is 0.872. The lowest BCUT2D eigenvalue weighted by Crippen LogP contribution is -2.47. The standard InChI is InChI=1S/C8H17N2O4P/c1-5(8(12)13)10-7(11)6(9)3-4-15(2)14/h5-6,15H,3-4,9H2,1-2H3,(H,10,11)(H,12,13)/t5-,6?/m0/s1. The second-order valence-corrected chi connectivity index (χ2v) is 5.32. The number of nitrogens with two attached hydrogens (primary N) is 1. The summed E-state index contributed by atoms with van der Waals surface area (Å²) in [6, 6.07) is -1.75. The van der Waals surface area contributed by atoms with Gasteiger partial charge in [0.15, 0.2) is 0 Å². The van der Waals surface area contributed by atoms with Gasteiger partial charge in [0.2, 0.25) is 5.91 Å². The molecule has 7 heteroatoms. The van der Waals surface area contributed by atoms with E-state index in [-0.39, 0.29) is 0 Å². The maximum absolute atomic E-state index is 11.3. The molecule has 15 heavy (non-hydrogen) atoms. The second kappa shape index (κ2) is 6.58. The van der Waals surface area contributed by atoms with Crippen molar-refractivity contribution >= 4 is 19.7 Å². The van der Waals surface area contributed by atoms with E-state index in [1.54, 1.807) is 6.66 Å². The van der Waals surface area contributed by atoms with Crippen LogP contribution < -0.4 is 11.1 Å². The van der Waals surface area contributed by atoms with Crippen LogP contribution in [-0.4, -0.2) is 41.9 Å². The van der Waals surface area contributed by atoms with Crippen LogP contribution in [0.1, 0.15) is 13.3 Å². The van der Waals surface area contributed by atoms with Gasteiger partial charge in [-0.3, -0.25) is 9.59 Å². The Morgan fingerprint density at radius 1 is 1.53 bits per heavy atom. The highest BCUT2D eigenvalue weighted by molar-refractivity contribution is 7.43. The number of carbonyl (C=O) groups excluding carboxylic acids is 1. The van der Waals surface area contributed by atoms with Crippen LogP contribution in [0.25, 0.3) is 0 Å². The van der Waals surface area contributed by atoms with Crippen molar-refractivity contribution in [1.29, 1.82) is 0 Å². The summed E-state index contributed by atoms with van der Waals surface area (Å²) >= 11 is 0. The highest BCUT2D eigenvalue weighted by atomic mass is 31.1. The van der Waals surface area contributed by atoms with Crippen molar-refractivity contribution in [3.8, 4) is 0 Å². The van der Waals surface area contributed by atoms with E-state index in [4.69, 9.17) is 10.8 Å². The van der Waals surface area contributed by atoms with E-state index >= 15 is 0 Å². The monoisotopic (exact) mass is 236 g/mol. The summed E-state index contributed by atoms with van der Waals surface area (Å²) < 4.78 is 10.8. The first kappa shape index (κ1) is 14.1. The van der Waals surface area contributed by atoms with Gasteiger partial charge in [0.05, 0.1) is 13.8 Å². The Kier molecular flexibility index (Phi) is 6.20. The first-order valence-electron chi connectivity index (χ1n) is 4.62. The molecule has 0 aliphatic heterocycles. The number of carboxylic acid groups (broad SMARTS) is 1. The summed E-state index contributed by atoms with van der Waals surface area (Å²) in [5.41, 5.74) is 5.49. The number of aliphatic carboxylic acids is 1. The van der Waals surface area contributed by atoms with Crippen molar-refractivity contribution in [2.24, 2.45) is 5.73 Å². The van der Waals surface area contributed by atoms with E-state index in [2.05, 4.69) is 5.32 Å². The van der Waals surface area contributed by atoms with E-state index in [1.165, 1.54) is 6.92 Å². The van der Waals surface area contributed by atoms with Gasteiger partial charge in [-0.1, -0.05) is 0 Å². The summed E-state index contributed by atoms with van der Waals surface area (Å²) in [7, 11) is -1.63. The lowest BCUT2D eigenvalue weighted by molar-refractivity contribution is -0.141. The molecule has 2 unspecified atom stereocenters. The number of hydrogen-bond acceptors (Lipinski definition) is 4. The summed E-state index contributed by atoms with van der Waals surface area (Å²) in [4.78, 5) is 21.7. The predicted molar refractivity (Wildman–Crippen MR) is 57.6 cm³/mol. The van der Waals surface area contributed by atoms with Crippen molar-refractivity contribution in [3.05, 3.63) is 0 Å². The van der Waals surface area contributed by atoms with E-state index in [0.29, 0.717) is 12.6 Å². The molecule has 0 rings (SSSR count). The Morgan fingerprint density at radius 2 is 2.07 bits per heavy atom. The zero-order valence-corrected chi connectivity index (χ0v) is 9.82. The molecule has 0 aliphatic rings. The molecule has 0 aromatic heterocycles. The number of rotatable bonds is 6. The molecule has 0 fully saturated rings. The van der Waals surface area contributed by atoms with Gasteiger partial charge in [-0.15, -0.1) is 0 Å². The van der Waals surface area contributed by atoms with Gasteiger partial charge in [-0.05, 0) is 20.0 Å². The quantitative estimate of drug-likeness (QED) is 0.538. The summed E-state index contributed by atoms with van der Waals surface area (Å²) in [5, 5.41) is 10.8. The Hall–Kier alpha value is -0.870. The van der Waals surface area contributed by atoms with Crippen molar-refractivity contribution in [3.63, 3.8) is 0 Å². The minimum absolute atomic E-state index is 0.312. The number of amides is 1. The summed E-state index contributed by atoms with van der Waals surface area (Å²) in [6.45, 7) is 2.95. The van der Waals surface area contributed by atoms with Crippen LogP contribution in [0.4, 0.5) is 0 Å². The first-order chi connectivity index (χ1) is 6.84. The normalized spacial score (nSPS) is 16.5. The third-order valence-corrected chi connectivity index (χ3v) is 2.87. The molecule has 88 valence electrons. The van der Waals surface area contributed by atoms with Crippen LogP contribution in [0.5, 0.6) is 0 Å². The zero-order chi connectivity index (χ0) is 12.0. The maximum atomic E-state index is 11.3. The van der Waals surface area contributed by atoms with Crippen molar-refractivity contribution in [2.75, 3.05) is 12.8 Å². The van der Waals surface area contributed by atoms with Crippen LogP contribution >= 0.6 is 7.80 Å². The molecule has 3 atom stereocenters. The molecule has 6 nitrogen and oxygen atoms in total. The van der Waals surface area contributed by atoms with Gasteiger partial charge in [-0.2, -0.15) is 0 Å². The van der Waals surface area contributed by atoms with Gasteiger partial charge >= 0.3 is 5.97 Å². The highest BCUT2D eigenvalue weighted by Crippen LogP contribution is 2.15. The third-order valence-electron chi connectivity index (χ3n) is 1.87. The van der Waals surface area contributed by atoms with E-state index in [1.807, 2.05) is 0 Å². The smallest absolute Gasteiger partial charge is 0.325 e. The average molecular weight is 236 g/mol. The highest BCUT2D eigenvalue weighted by Gasteiger charge is 2.19. The summed E-state index contributed by atoms with van der Waals surface area (Å²) in [5.74, 6) is -1.63. The molecule has 0 aromatic rings. The maximum Gasteiger partial charge on any atom is 0.325 e. The molecule has 0 aromatic carbocycles. The molecule has 1 amide bonds. The Balaban J connectivity index is 3.99. The number of nitrogens with one attached hydrogen (secondary N) is 1. The van der Waals surface area contributed by atoms with E-state index in [9.17, 15) is 14.2 Å². The van der Waals surface area contributed by atoms with Gasteiger partial charge in [0.25, 0.3) is 0 Å². The minimum atomic E-state index is -1.63. The topological polar surface area (TPSA) is 109 Å². The molecule has 0 saturated carbocycles. The van der Waals surface area contributed by atoms with Crippen LogP contribution in [0.15, 0.2) is 0 Å². The largest absolute Gasteiger partial charge is 0.480 e. The van der Waals surface area contributed by atoms with Gasteiger partial charge in [0.1, 0.15) is 6.04 Å². The molecule has 0 aliphatic carbocycles. The fourth-order valence-corrected chi connectivity index (χ4v) is 1.59. The SMILES string of the molecule is C[C@H](NC(=O)C(N)CC[PH](C)=O)C(=O)O. The predicted octanol–water partition coefficient (Wildman–Crippen LogP) is -0.517. The lowest BCUT2D eigenvalue weighted by atomic mass is 10.2. The molecular weight excluding hydrogens is 219 g/mol. The van der Waals surface area contributed by atoms with E-state index < -0.39 is 31.8 Å². The van der Waals surface area contributed by atoms with Crippen LogP contribution in [0, 0.1) is 0 Å². The first-order valence-corrected chi connectivity index (χ1v) is 6.74. The third kappa shape index (κ3) is 6.25.